The number of hydrogen-bond acceptors (Lipinski definition) is 3. The van der Waals surface area contributed by atoms with Crippen LogP contribution in [0.15, 0.2) is 60.7 Å². The molecule has 140 valence electrons. The van der Waals surface area contributed by atoms with Gasteiger partial charge in [-0.15, -0.1) is 0 Å². The smallest absolute Gasteiger partial charge is 0.401 e. The number of Topliss-reactive ketones (excluding diaryl/α,β-unsaturated/α-hetero) is 1. The number of methoxy groups -OCH3 is 1. The minimum Gasteiger partial charge on any atom is -0.463 e. The van der Waals surface area contributed by atoms with Crippen LogP contribution in [0.25, 0.3) is 4.85 Å². The van der Waals surface area contributed by atoms with E-state index < -0.39 is 35.8 Å². The maximum absolute atomic E-state index is 14.0. The van der Waals surface area contributed by atoms with Crippen molar-refractivity contribution in [3.63, 3.8) is 0 Å². The maximum Gasteiger partial charge on any atom is 0.401 e. The lowest BCUT2D eigenvalue weighted by Crippen LogP contribution is -2.48. The van der Waals surface area contributed by atoms with Gasteiger partial charge in [-0.1, -0.05) is 60.7 Å². The summed E-state index contributed by atoms with van der Waals surface area (Å²) in [5, 5.41) is 0. The van der Waals surface area contributed by atoms with Gasteiger partial charge < -0.3 is 4.74 Å². The van der Waals surface area contributed by atoms with Gasteiger partial charge in [0.1, 0.15) is 0 Å². The minimum atomic E-state index is -4.99. The number of rotatable bonds is 6. The molecule has 0 saturated heterocycles. The van der Waals surface area contributed by atoms with E-state index in [0.29, 0.717) is 0 Å². The molecule has 0 fully saturated rings. The molecule has 0 aliphatic carbocycles. The Labute approximate surface area is 154 Å². The molecule has 2 atom stereocenters. The Kier molecular flexibility index (Phi) is 6.01. The second kappa shape index (κ2) is 8.04. The van der Waals surface area contributed by atoms with Gasteiger partial charge in [-0.05, 0) is 0 Å². The Morgan fingerprint density at radius 1 is 1.04 bits per heavy atom. The summed E-state index contributed by atoms with van der Waals surface area (Å²) >= 11 is 0. The first-order chi connectivity index (χ1) is 12.8. The zero-order valence-electron chi connectivity index (χ0n) is 14.4. The first-order valence-electron chi connectivity index (χ1n) is 7.95. The number of alkyl halides is 3. The highest BCUT2D eigenvalue weighted by atomic mass is 19.4. The van der Waals surface area contributed by atoms with Crippen molar-refractivity contribution >= 4 is 11.8 Å². The highest BCUT2D eigenvalue weighted by Crippen LogP contribution is 2.46. The molecular formula is C20H16F3NO3. The van der Waals surface area contributed by atoms with E-state index in [4.69, 9.17) is 6.57 Å². The van der Waals surface area contributed by atoms with Crippen LogP contribution in [0.2, 0.25) is 0 Å². The summed E-state index contributed by atoms with van der Waals surface area (Å²) in [7, 11) is 0.914. The number of ketones is 1. The second-order valence-corrected chi connectivity index (χ2v) is 5.82. The summed E-state index contributed by atoms with van der Waals surface area (Å²) < 4.78 is 46.4. The number of esters is 1. The Hall–Kier alpha value is -3.14. The van der Waals surface area contributed by atoms with E-state index in [1.807, 2.05) is 0 Å². The third-order valence-electron chi connectivity index (χ3n) is 4.27. The second-order valence-electron chi connectivity index (χ2n) is 5.82. The molecule has 27 heavy (non-hydrogen) atoms. The van der Waals surface area contributed by atoms with Crippen molar-refractivity contribution in [3.05, 3.63) is 83.2 Å². The molecule has 4 nitrogen and oxygen atoms in total. The molecule has 0 aromatic heterocycles. The summed E-state index contributed by atoms with van der Waals surface area (Å²) in [6, 6.07) is 14.3. The molecule has 0 aliphatic heterocycles. The number of benzene rings is 2. The van der Waals surface area contributed by atoms with Gasteiger partial charge in [0.2, 0.25) is 0 Å². The number of carbonyl (C=O) groups excluding carboxylic acids is 2. The van der Waals surface area contributed by atoms with Gasteiger partial charge in [0.15, 0.2) is 11.7 Å². The van der Waals surface area contributed by atoms with Crippen LogP contribution in [0, 0.1) is 12.5 Å². The quantitative estimate of drug-likeness (QED) is 0.426. The van der Waals surface area contributed by atoms with E-state index in [9.17, 15) is 22.8 Å². The molecule has 7 heteroatoms. The van der Waals surface area contributed by atoms with Gasteiger partial charge in [-0.2, -0.15) is 13.2 Å². The first kappa shape index (κ1) is 20.2. The monoisotopic (exact) mass is 375 g/mol. The Bertz CT molecular complexity index is 844. The molecule has 0 saturated carbocycles. The van der Waals surface area contributed by atoms with Crippen LogP contribution >= 0.6 is 0 Å². The van der Waals surface area contributed by atoms with E-state index in [0.717, 1.165) is 7.11 Å². The van der Waals surface area contributed by atoms with Gasteiger partial charge >= 0.3 is 17.7 Å². The highest BCUT2D eigenvalue weighted by molar-refractivity contribution is 5.97. The fourth-order valence-electron chi connectivity index (χ4n) is 2.92. The van der Waals surface area contributed by atoms with Crippen LogP contribution in [0.1, 0.15) is 22.3 Å². The molecule has 2 rings (SSSR count). The SMILES string of the molecule is [C-]#[N+][C@@](C(=O)OC)(c1ccccc1)[C@H](CC(=O)c1ccccc1)C(F)(F)F. The van der Waals surface area contributed by atoms with Crippen molar-refractivity contribution in [3.8, 4) is 0 Å². The van der Waals surface area contributed by atoms with Gasteiger partial charge in [0, 0.05) is 17.5 Å². The van der Waals surface area contributed by atoms with Gasteiger partial charge in [-0.3, -0.25) is 9.64 Å². The Balaban J connectivity index is 2.61. The van der Waals surface area contributed by atoms with E-state index >= 15 is 0 Å². The first-order valence-corrected chi connectivity index (χ1v) is 7.95. The average Bonchev–Trinajstić information content (AvgIpc) is 2.68. The molecule has 0 amide bonds. The number of halogens is 3. The van der Waals surface area contributed by atoms with Crippen LogP contribution < -0.4 is 0 Å². The lowest BCUT2D eigenvalue weighted by atomic mass is 9.75. The topological polar surface area (TPSA) is 47.7 Å². The predicted molar refractivity (Wildman–Crippen MR) is 91.7 cm³/mol. The lowest BCUT2D eigenvalue weighted by Gasteiger charge is -2.29. The van der Waals surface area contributed by atoms with Crippen LogP contribution in [0.3, 0.4) is 0 Å². The summed E-state index contributed by atoms with van der Waals surface area (Å²) in [6.45, 7) is 7.45. The fourth-order valence-corrected chi connectivity index (χ4v) is 2.92. The molecule has 2 aromatic rings. The van der Waals surface area contributed by atoms with Crippen LogP contribution in [-0.4, -0.2) is 25.0 Å². The summed E-state index contributed by atoms with van der Waals surface area (Å²) in [5.41, 5.74) is -2.81. The number of ether oxygens (including phenoxy) is 1. The summed E-state index contributed by atoms with van der Waals surface area (Å²) in [6.07, 6.45) is -6.04. The van der Waals surface area contributed by atoms with Crippen LogP contribution in [0.5, 0.6) is 0 Å². The van der Waals surface area contributed by atoms with Crippen molar-refractivity contribution in [2.24, 2.45) is 5.92 Å². The standard InChI is InChI=1S/C20H16F3NO3/c1-24-19(18(26)27-2,15-11-7-4-8-12-15)17(20(21,22)23)13-16(25)14-9-5-3-6-10-14/h3-12,17H,13H2,2H3/t17-,19-/m0/s1. The molecule has 0 spiro atoms. The Morgan fingerprint density at radius 2 is 1.56 bits per heavy atom. The molecule has 0 unspecified atom stereocenters. The fraction of sp³-hybridized carbons (Fsp3) is 0.250. The normalized spacial score (nSPS) is 14.5. The van der Waals surface area contributed by atoms with Gasteiger partial charge in [-0.25, -0.2) is 11.4 Å². The van der Waals surface area contributed by atoms with Gasteiger partial charge in [0.25, 0.3) is 0 Å². The molecule has 0 radical (unpaired) electrons. The summed E-state index contributed by atoms with van der Waals surface area (Å²) in [4.78, 5) is 28.0. The minimum absolute atomic E-state index is 0.0727. The molecular weight excluding hydrogens is 359 g/mol. The van der Waals surface area contributed by atoms with Crippen LogP contribution in [0.4, 0.5) is 13.2 Å². The largest absolute Gasteiger partial charge is 0.463 e. The zero-order valence-corrected chi connectivity index (χ0v) is 14.4. The van der Waals surface area contributed by atoms with E-state index in [1.165, 1.54) is 48.5 Å². The third-order valence-corrected chi connectivity index (χ3v) is 4.27. The van der Waals surface area contributed by atoms with Crippen molar-refractivity contribution in [2.45, 2.75) is 18.1 Å². The average molecular weight is 375 g/mol. The number of hydrogen-bond donors (Lipinski definition) is 0. The number of carbonyl (C=O) groups is 2. The molecule has 2 aromatic carbocycles. The van der Waals surface area contributed by atoms with Crippen molar-refractivity contribution in [2.75, 3.05) is 7.11 Å². The highest BCUT2D eigenvalue weighted by Gasteiger charge is 2.66. The lowest BCUT2D eigenvalue weighted by molar-refractivity contribution is -0.197. The third kappa shape index (κ3) is 4.00. The van der Waals surface area contributed by atoms with E-state index in [2.05, 4.69) is 9.58 Å². The predicted octanol–water partition coefficient (Wildman–Crippen LogP) is 4.43. The van der Waals surface area contributed by atoms with Crippen molar-refractivity contribution in [1.82, 2.24) is 0 Å². The molecule has 0 heterocycles. The van der Waals surface area contributed by atoms with Gasteiger partial charge in [0.05, 0.1) is 7.11 Å². The molecule has 0 N–H and O–H groups in total. The van der Waals surface area contributed by atoms with E-state index in [1.54, 1.807) is 12.1 Å². The van der Waals surface area contributed by atoms with Crippen LogP contribution in [-0.2, 0) is 15.1 Å². The zero-order chi connectivity index (χ0) is 20.1. The van der Waals surface area contributed by atoms with E-state index in [-0.39, 0.29) is 11.1 Å². The molecule has 0 bridgehead atoms. The summed E-state index contributed by atoms with van der Waals surface area (Å²) in [5.74, 6) is -4.73. The van der Waals surface area contributed by atoms with Crippen molar-refractivity contribution in [1.29, 1.82) is 0 Å². The Morgan fingerprint density at radius 3 is 2.00 bits per heavy atom. The maximum atomic E-state index is 14.0. The number of nitrogens with zero attached hydrogens (tertiary/aromatic N) is 1. The molecule has 0 aliphatic rings. The van der Waals surface area contributed by atoms with Crippen molar-refractivity contribution < 1.29 is 27.5 Å².